The van der Waals surface area contributed by atoms with Gasteiger partial charge in [-0.3, -0.25) is 5.73 Å². The van der Waals surface area contributed by atoms with Gasteiger partial charge in [-0.25, -0.2) is 4.79 Å². The van der Waals surface area contributed by atoms with Crippen LogP contribution in [0.4, 0.5) is 0 Å². The van der Waals surface area contributed by atoms with Gasteiger partial charge in [0.1, 0.15) is 0 Å². The molecule has 74 valence electrons. The smallest absolute Gasteiger partial charge is 0.378 e. The molecule has 7 nitrogen and oxygen atoms in total. The van der Waals surface area contributed by atoms with Crippen molar-refractivity contribution in [3.63, 3.8) is 0 Å². The van der Waals surface area contributed by atoms with Gasteiger partial charge in [-0.05, 0) is 0 Å². The molecular weight excluding hydrogens is 182 g/mol. The average Bonchev–Trinajstić information content (AvgIpc) is 2.33. The molecule has 0 aliphatic carbocycles. The van der Waals surface area contributed by atoms with Gasteiger partial charge in [0, 0.05) is 0 Å². The Morgan fingerprint density at radius 2 is 2.08 bits per heavy atom. The van der Waals surface area contributed by atoms with Gasteiger partial charge >= 0.3 is 5.97 Å². The van der Waals surface area contributed by atoms with Crippen molar-refractivity contribution in [2.75, 3.05) is 6.61 Å². The molecule has 0 aromatic heterocycles. The molecule has 1 rings (SSSR count). The highest BCUT2D eigenvalue weighted by Gasteiger charge is 2.46. The van der Waals surface area contributed by atoms with E-state index >= 15 is 0 Å². The van der Waals surface area contributed by atoms with E-state index in [0.29, 0.717) is 0 Å². The maximum Gasteiger partial charge on any atom is 0.378 e. The minimum atomic E-state index is -2.30. The van der Waals surface area contributed by atoms with Crippen LogP contribution in [0.15, 0.2) is 11.5 Å². The molecule has 1 aliphatic rings. The second-order valence-electron chi connectivity index (χ2n) is 2.67. The summed E-state index contributed by atoms with van der Waals surface area (Å²) >= 11 is 0. The van der Waals surface area contributed by atoms with E-state index in [0.717, 1.165) is 0 Å². The molecule has 0 amide bonds. The van der Waals surface area contributed by atoms with Gasteiger partial charge in [-0.2, -0.15) is 0 Å². The molecule has 0 radical (unpaired) electrons. The maximum absolute atomic E-state index is 10.6. The summed E-state index contributed by atoms with van der Waals surface area (Å²) in [6.45, 7) is -0.928. The monoisotopic (exact) mass is 191 g/mol. The van der Waals surface area contributed by atoms with Gasteiger partial charge < -0.3 is 25.2 Å². The third-order valence-electron chi connectivity index (χ3n) is 1.62. The summed E-state index contributed by atoms with van der Waals surface area (Å²) < 4.78 is 4.29. The summed E-state index contributed by atoms with van der Waals surface area (Å²) in [5.41, 5.74) is 2.76. The Morgan fingerprint density at radius 1 is 1.54 bits per heavy atom. The zero-order chi connectivity index (χ0) is 10.2. The van der Waals surface area contributed by atoms with Crippen LogP contribution in [-0.4, -0.2) is 44.8 Å². The number of aliphatic hydroxyl groups is 4. The van der Waals surface area contributed by atoms with Crippen LogP contribution in [0.2, 0.25) is 0 Å². The predicted molar refractivity (Wildman–Crippen MR) is 38.4 cm³/mol. The molecule has 1 heterocycles. The molecule has 6 N–H and O–H groups in total. The van der Waals surface area contributed by atoms with Gasteiger partial charge in [0.05, 0.1) is 6.61 Å². The highest BCUT2D eigenvalue weighted by molar-refractivity contribution is 5.89. The first-order chi connectivity index (χ1) is 5.90. The predicted octanol–water partition coefficient (Wildman–Crippen LogP) is -2.12. The van der Waals surface area contributed by atoms with Crippen LogP contribution < -0.4 is 5.73 Å². The van der Waals surface area contributed by atoms with Crippen molar-refractivity contribution in [1.29, 1.82) is 0 Å². The molecule has 0 fully saturated rings. The van der Waals surface area contributed by atoms with E-state index in [1.165, 1.54) is 0 Å². The topological polar surface area (TPSA) is 133 Å². The Hall–Kier alpha value is -1.31. The van der Waals surface area contributed by atoms with Crippen LogP contribution in [0.1, 0.15) is 0 Å². The van der Waals surface area contributed by atoms with E-state index in [1.54, 1.807) is 0 Å². The minimum absolute atomic E-state index is 0.885. The number of ether oxygens (including phenoxy) is 1. The lowest BCUT2D eigenvalue weighted by Crippen LogP contribution is -2.55. The molecule has 1 aliphatic heterocycles. The molecule has 0 spiro atoms. The van der Waals surface area contributed by atoms with E-state index in [1.807, 2.05) is 0 Å². The number of hydrogen-bond donors (Lipinski definition) is 5. The maximum atomic E-state index is 10.6. The van der Waals surface area contributed by atoms with E-state index in [-0.39, 0.29) is 0 Å². The highest BCUT2D eigenvalue weighted by Crippen LogP contribution is 2.24. The van der Waals surface area contributed by atoms with Crippen molar-refractivity contribution in [2.45, 2.75) is 11.8 Å². The third-order valence-corrected chi connectivity index (χ3v) is 1.62. The third kappa shape index (κ3) is 1.44. The van der Waals surface area contributed by atoms with Crippen molar-refractivity contribution in [2.24, 2.45) is 5.73 Å². The van der Waals surface area contributed by atoms with E-state index < -0.39 is 35.9 Å². The summed E-state index contributed by atoms with van der Waals surface area (Å²) in [6.07, 6.45) is -1.63. The Labute approximate surface area is 72.7 Å². The van der Waals surface area contributed by atoms with Crippen LogP contribution in [0, 0.1) is 0 Å². The van der Waals surface area contributed by atoms with Crippen molar-refractivity contribution in [3.05, 3.63) is 11.5 Å². The number of nitrogens with two attached hydrogens (primary N) is 1. The largest absolute Gasteiger partial charge is 0.505 e. The van der Waals surface area contributed by atoms with Gasteiger partial charge in [-0.15, -0.1) is 0 Å². The van der Waals surface area contributed by atoms with Gasteiger partial charge in [-0.1, -0.05) is 0 Å². The lowest BCUT2D eigenvalue weighted by Gasteiger charge is -2.25. The highest BCUT2D eigenvalue weighted by atomic mass is 16.6. The van der Waals surface area contributed by atoms with Crippen LogP contribution in [-0.2, 0) is 9.53 Å². The second-order valence-corrected chi connectivity index (χ2v) is 2.67. The number of rotatable bonds is 2. The Bertz CT molecular complexity index is 270. The fourth-order valence-electron chi connectivity index (χ4n) is 0.869. The summed E-state index contributed by atoms with van der Waals surface area (Å²) in [5.74, 6) is -3.09. The van der Waals surface area contributed by atoms with Gasteiger partial charge in [0.2, 0.25) is 11.9 Å². The van der Waals surface area contributed by atoms with Crippen molar-refractivity contribution in [3.8, 4) is 0 Å². The molecule has 0 aromatic carbocycles. The Kier molecular flexibility index (Phi) is 2.16. The van der Waals surface area contributed by atoms with E-state index in [2.05, 4.69) is 4.74 Å². The molecule has 0 saturated carbocycles. The number of aliphatic hydroxyl groups excluding tert-OH is 3. The first-order valence-electron chi connectivity index (χ1n) is 3.35. The Morgan fingerprint density at radius 3 is 2.38 bits per heavy atom. The molecule has 13 heavy (non-hydrogen) atoms. The first kappa shape index (κ1) is 9.78. The van der Waals surface area contributed by atoms with E-state index in [9.17, 15) is 9.90 Å². The lowest BCUT2D eigenvalue weighted by atomic mass is 10.1. The lowest BCUT2D eigenvalue weighted by molar-refractivity contribution is -0.158. The zero-order valence-corrected chi connectivity index (χ0v) is 6.47. The van der Waals surface area contributed by atoms with Crippen molar-refractivity contribution in [1.82, 2.24) is 0 Å². The van der Waals surface area contributed by atoms with Crippen LogP contribution in [0.3, 0.4) is 0 Å². The standard InChI is InChI=1S/C6H9NO6/c7-6(12,1-8)4-2(9)3(10)5(11)13-4/h4,8-10,12H,1,7H2/t4-,6-/m0/s1. The normalized spacial score (nSPS) is 27.3. The summed E-state index contributed by atoms with van der Waals surface area (Å²) in [5, 5.41) is 35.6. The quantitative estimate of drug-likeness (QED) is 0.249. The van der Waals surface area contributed by atoms with Crippen molar-refractivity contribution >= 4 is 5.97 Å². The molecule has 0 aromatic rings. The number of carbonyl (C=O) groups excluding carboxylic acids is 1. The fourth-order valence-corrected chi connectivity index (χ4v) is 0.869. The first-order valence-corrected chi connectivity index (χ1v) is 3.35. The number of esters is 1. The average molecular weight is 191 g/mol. The molecular formula is C6H9NO6. The number of carbonyl (C=O) groups is 1. The van der Waals surface area contributed by atoms with Crippen molar-refractivity contribution < 1.29 is 30.0 Å². The fraction of sp³-hybridized carbons (Fsp3) is 0.500. The van der Waals surface area contributed by atoms with Gasteiger partial charge in [0.15, 0.2) is 11.5 Å². The van der Waals surface area contributed by atoms with Gasteiger partial charge in [0.25, 0.3) is 0 Å². The Balaban J connectivity index is 2.94. The van der Waals surface area contributed by atoms with Crippen LogP contribution >= 0.6 is 0 Å². The minimum Gasteiger partial charge on any atom is -0.505 e. The van der Waals surface area contributed by atoms with E-state index in [4.69, 9.17) is 21.1 Å². The molecule has 7 heteroatoms. The number of hydrogen-bond acceptors (Lipinski definition) is 7. The summed E-state index contributed by atoms with van der Waals surface area (Å²) in [7, 11) is 0. The summed E-state index contributed by atoms with van der Waals surface area (Å²) in [6, 6.07) is 0. The zero-order valence-electron chi connectivity index (χ0n) is 6.47. The molecule has 0 bridgehead atoms. The SMILES string of the molecule is N[C@](O)(CO)[C@H]1OC(=O)C(O)=C1O. The number of cyclic esters (lactones) is 1. The molecule has 0 saturated heterocycles. The van der Waals surface area contributed by atoms with Crippen LogP contribution in [0.25, 0.3) is 0 Å². The second kappa shape index (κ2) is 2.87. The summed E-state index contributed by atoms with van der Waals surface area (Å²) in [4.78, 5) is 10.6. The molecule has 0 unspecified atom stereocenters. The molecule has 2 atom stereocenters. The van der Waals surface area contributed by atoms with Crippen LogP contribution in [0.5, 0.6) is 0 Å².